The molecule has 0 aliphatic heterocycles. The second-order valence-corrected chi connectivity index (χ2v) is 20.1. The van der Waals surface area contributed by atoms with Crippen molar-refractivity contribution >= 4 is 101 Å². The van der Waals surface area contributed by atoms with Crippen LogP contribution in [0.25, 0.3) is 65.4 Å². The Hall–Kier alpha value is -9.29. The Morgan fingerprint density at radius 3 is 1.00 bits per heavy atom. The van der Waals surface area contributed by atoms with Gasteiger partial charge >= 0.3 is 0 Å². The van der Waals surface area contributed by atoms with Gasteiger partial charge in [-0.3, -0.25) is 15.0 Å². The second kappa shape index (κ2) is 22.7. The van der Waals surface area contributed by atoms with E-state index in [9.17, 15) is 0 Å². The summed E-state index contributed by atoms with van der Waals surface area (Å²) in [6.45, 7) is 4.79. The van der Waals surface area contributed by atoms with Crippen LogP contribution in [0.2, 0.25) is 0 Å². The van der Waals surface area contributed by atoms with Gasteiger partial charge in [-0.2, -0.15) is 15.3 Å². The Balaban J connectivity index is 0.893. The number of ether oxygens (including phenoxy) is 2. The molecule has 0 fully saturated rings. The first-order valence-electron chi connectivity index (χ1n) is 27.1. The van der Waals surface area contributed by atoms with E-state index in [1.54, 1.807) is 0 Å². The predicted octanol–water partition coefficient (Wildman–Crippen LogP) is 14.6. The fourth-order valence-corrected chi connectivity index (χ4v) is 11.0. The second-order valence-electron chi connectivity index (χ2n) is 20.1. The summed E-state index contributed by atoms with van der Waals surface area (Å²) >= 11 is 0. The minimum Gasteiger partial charge on any atom is -0.374 e. The lowest BCUT2D eigenvalue weighted by molar-refractivity contribution is -0.0539. The molecule has 0 amide bonds. The Morgan fingerprint density at radius 1 is 0.354 bits per heavy atom. The molecule has 12 rings (SSSR count). The summed E-state index contributed by atoms with van der Waals surface area (Å²) in [4.78, 5) is 0. The maximum Gasteiger partial charge on any atom is 0.0987 e. The first-order valence-corrected chi connectivity index (χ1v) is 27.1. The van der Waals surface area contributed by atoms with Gasteiger partial charge in [0.1, 0.15) is 0 Å². The Morgan fingerprint density at radius 2 is 0.658 bits per heavy atom. The highest BCUT2D eigenvalue weighted by Gasteiger charge is 2.23. The van der Waals surface area contributed by atoms with E-state index in [2.05, 4.69) is 184 Å². The van der Waals surface area contributed by atoms with Gasteiger partial charge in [0.25, 0.3) is 0 Å². The smallest absolute Gasteiger partial charge is 0.0987 e. The summed E-state index contributed by atoms with van der Waals surface area (Å²) in [6, 6.07) is 76.6. The maximum absolute atomic E-state index is 7.39. The third-order valence-electron chi connectivity index (χ3n) is 15.0. The molecule has 0 bridgehead atoms. The zero-order valence-electron chi connectivity index (χ0n) is 45.0. The number of hydrogen-bond acceptors (Lipinski definition) is 8. The summed E-state index contributed by atoms with van der Waals surface area (Å²) in [5, 5.41) is 27.2. The van der Waals surface area contributed by atoms with Crippen molar-refractivity contribution in [3.63, 3.8) is 0 Å². The largest absolute Gasteiger partial charge is 0.374 e. The van der Waals surface area contributed by atoms with Crippen LogP contribution in [-0.2, 0) is 29.1 Å². The number of para-hydroxylation sites is 6. The van der Waals surface area contributed by atoms with Gasteiger partial charge in [0.05, 0.1) is 74.2 Å². The highest BCUT2D eigenvalue weighted by molar-refractivity contribution is 6.11. The van der Waals surface area contributed by atoms with Crippen molar-refractivity contribution < 1.29 is 9.47 Å². The summed E-state index contributed by atoms with van der Waals surface area (Å²) in [7, 11) is 5.93. The summed E-state index contributed by atoms with van der Waals surface area (Å²) < 4.78 is 21.4. The number of rotatable bonds is 20. The Labute approximate surface area is 460 Å². The summed E-state index contributed by atoms with van der Waals surface area (Å²) in [5.41, 5.74) is 13.0. The monoisotopic (exact) mass is 1040 g/mol. The van der Waals surface area contributed by atoms with Gasteiger partial charge in [0.15, 0.2) is 0 Å². The highest BCUT2D eigenvalue weighted by Crippen LogP contribution is 2.35. The molecule has 3 heterocycles. The molecule has 0 saturated heterocycles. The molecule has 0 aliphatic rings. The minimum atomic E-state index is -0.281. The van der Waals surface area contributed by atoms with Crippen molar-refractivity contribution in [2.24, 2.45) is 15.3 Å². The molecule has 79 heavy (non-hydrogen) atoms. The Bertz CT molecular complexity index is 3990. The molecule has 0 N–H and O–H groups in total. The van der Waals surface area contributed by atoms with E-state index < -0.39 is 0 Å². The van der Waals surface area contributed by atoms with Gasteiger partial charge in [-0.15, -0.1) is 0 Å². The summed E-state index contributed by atoms with van der Waals surface area (Å²) in [5.74, 6) is 0. The van der Waals surface area contributed by atoms with E-state index in [0.29, 0.717) is 32.8 Å². The summed E-state index contributed by atoms with van der Waals surface area (Å²) in [6.07, 6.45) is 5.28. The minimum absolute atomic E-state index is 0.254. The van der Waals surface area contributed by atoms with Gasteiger partial charge in [-0.1, -0.05) is 127 Å². The molecular formula is C68H63N9O2. The van der Waals surface area contributed by atoms with Gasteiger partial charge in [-0.25, -0.2) is 0 Å². The molecule has 3 aromatic heterocycles. The topological polar surface area (TPSA) is 80.0 Å². The average Bonchev–Trinajstić information content (AvgIpc) is 4.19. The van der Waals surface area contributed by atoms with Gasteiger partial charge in [0.2, 0.25) is 0 Å². The van der Waals surface area contributed by atoms with Crippen LogP contribution in [0.5, 0.6) is 0 Å². The predicted molar refractivity (Wildman–Crippen MR) is 331 cm³/mol. The van der Waals surface area contributed by atoms with Gasteiger partial charge in [0, 0.05) is 93.2 Å². The van der Waals surface area contributed by atoms with E-state index in [1.807, 2.05) is 109 Å². The molecule has 0 aliphatic carbocycles. The number of anilines is 3. The SMILES string of the molecule is CCOC(COC(Cn1c2ccccc2c2cc(/C=N\N(C)c3ccccc3)ccc21)Cn1c2ccccc2c2cc(/C=N/N(C)c3ccccc3)ccc21)Cn1c2ccccc2c2cc(/C=N\N(C)c3ccccc3)ccc21. The fraction of sp³-hybridized carbons (Fsp3) is 0.162. The van der Waals surface area contributed by atoms with Crippen molar-refractivity contribution in [3.05, 3.63) is 235 Å². The molecule has 11 heteroatoms. The first-order chi connectivity index (χ1) is 38.9. The van der Waals surface area contributed by atoms with Crippen molar-refractivity contribution in [1.82, 2.24) is 13.7 Å². The normalized spacial score (nSPS) is 12.9. The molecule has 2 atom stereocenters. The van der Waals surface area contributed by atoms with Crippen LogP contribution in [0.3, 0.4) is 0 Å². The van der Waals surface area contributed by atoms with E-state index in [-0.39, 0.29) is 12.2 Å². The number of benzene rings is 9. The molecule has 0 spiro atoms. The van der Waals surface area contributed by atoms with Crippen LogP contribution in [0.4, 0.5) is 17.1 Å². The molecule has 11 nitrogen and oxygen atoms in total. The van der Waals surface area contributed by atoms with Gasteiger partial charge < -0.3 is 23.2 Å². The Kier molecular flexibility index (Phi) is 14.5. The van der Waals surface area contributed by atoms with Crippen LogP contribution < -0.4 is 15.0 Å². The van der Waals surface area contributed by atoms with Crippen molar-refractivity contribution in [2.75, 3.05) is 49.4 Å². The number of hydrogen-bond donors (Lipinski definition) is 0. The number of hydrazone groups is 3. The van der Waals surface area contributed by atoms with E-state index >= 15 is 0 Å². The number of fused-ring (bicyclic) bond motifs is 9. The highest BCUT2D eigenvalue weighted by atomic mass is 16.5. The van der Waals surface area contributed by atoms with Crippen molar-refractivity contribution in [2.45, 2.75) is 38.8 Å². The van der Waals surface area contributed by atoms with E-state index in [0.717, 1.165) is 66.9 Å². The zero-order chi connectivity index (χ0) is 53.7. The number of nitrogens with zero attached hydrogens (tertiary/aromatic N) is 9. The lowest BCUT2D eigenvalue weighted by Crippen LogP contribution is -2.32. The maximum atomic E-state index is 7.39. The molecule has 0 saturated carbocycles. The van der Waals surface area contributed by atoms with Crippen LogP contribution in [0.15, 0.2) is 234 Å². The quantitative estimate of drug-likeness (QED) is 0.0561. The average molecular weight is 1040 g/mol. The van der Waals surface area contributed by atoms with E-state index in [4.69, 9.17) is 24.8 Å². The van der Waals surface area contributed by atoms with Crippen molar-refractivity contribution in [1.29, 1.82) is 0 Å². The molecular weight excluding hydrogens is 975 g/mol. The fourth-order valence-electron chi connectivity index (χ4n) is 11.0. The molecule has 392 valence electrons. The zero-order valence-corrected chi connectivity index (χ0v) is 45.0. The van der Waals surface area contributed by atoms with Crippen LogP contribution >= 0.6 is 0 Å². The van der Waals surface area contributed by atoms with Crippen molar-refractivity contribution in [3.8, 4) is 0 Å². The molecule has 0 radical (unpaired) electrons. The van der Waals surface area contributed by atoms with E-state index in [1.165, 1.54) is 32.3 Å². The standard InChI is InChI=1S/C68H63N9O2/c1-5-78-56(47-77-65-32-20-17-29-59(65)62-41-51(35-38-68(62)77)44-71-74(4)54-25-13-8-14-26-54)48-79-55(45-75-63-30-18-15-27-57(63)60-39-49(33-36-66(60)75)42-69-72(2)52-21-9-6-10-22-52)46-76-64-31-19-16-28-58(64)61-40-50(34-37-67(61)76)43-70-73(3)53-23-11-7-12-24-53/h6-44,55-56H,5,45-48H2,1-4H3/b69-42-,70-43+,71-44-. The van der Waals surface area contributed by atoms with Crippen LogP contribution in [0, 0.1) is 0 Å². The molecule has 12 aromatic rings. The van der Waals surface area contributed by atoms with Gasteiger partial charge in [-0.05, 0) is 115 Å². The lowest BCUT2D eigenvalue weighted by atomic mass is 10.1. The first kappa shape index (κ1) is 50.5. The lowest BCUT2D eigenvalue weighted by Gasteiger charge is -2.25. The van der Waals surface area contributed by atoms with Crippen LogP contribution in [0.1, 0.15) is 23.6 Å². The third-order valence-corrected chi connectivity index (χ3v) is 15.0. The number of aromatic nitrogens is 3. The van der Waals surface area contributed by atoms with Crippen LogP contribution in [-0.4, -0.2) is 78.9 Å². The molecule has 9 aromatic carbocycles. The third kappa shape index (κ3) is 10.6. The molecule has 2 unspecified atom stereocenters.